The van der Waals surface area contributed by atoms with E-state index >= 15 is 0 Å². The molecular formula is C13H19N3O3. The van der Waals surface area contributed by atoms with E-state index in [1.165, 1.54) is 18.5 Å². The minimum atomic E-state index is -0.911. The molecule has 1 aromatic heterocycles. The predicted molar refractivity (Wildman–Crippen MR) is 67.8 cm³/mol. The highest BCUT2D eigenvalue weighted by Gasteiger charge is 2.40. The molecule has 1 aliphatic carbocycles. The van der Waals surface area contributed by atoms with Crippen LogP contribution in [0.5, 0.6) is 0 Å². The third-order valence-corrected chi connectivity index (χ3v) is 3.73. The fourth-order valence-corrected chi connectivity index (χ4v) is 2.70. The first-order valence-corrected chi connectivity index (χ1v) is 6.65. The van der Waals surface area contributed by atoms with E-state index in [9.17, 15) is 4.79 Å². The summed E-state index contributed by atoms with van der Waals surface area (Å²) in [4.78, 5) is 17.0. The van der Waals surface area contributed by atoms with Crippen LogP contribution in [0.25, 0.3) is 0 Å². The maximum absolute atomic E-state index is 10.5. The Balaban J connectivity index is 1.50. The molecule has 2 heterocycles. The zero-order chi connectivity index (χ0) is 13.5. The summed E-state index contributed by atoms with van der Waals surface area (Å²) in [7, 11) is 0. The van der Waals surface area contributed by atoms with Crippen molar-refractivity contribution in [1.29, 1.82) is 0 Å². The molecule has 1 saturated carbocycles. The summed E-state index contributed by atoms with van der Waals surface area (Å²) in [5, 5.41) is 8.62. The second-order valence-electron chi connectivity index (χ2n) is 5.80. The number of ether oxygens (including phenoxy) is 1. The molecule has 6 nitrogen and oxygen atoms in total. The zero-order valence-electron chi connectivity index (χ0n) is 11.1. The molecule has 1 aliphatic heterocycles. The minimum Gasteiger partial charge on any atom is -0.480 e. The number of aliphatic carboxylic acids is 1. The first-order valence-electron chi connectivity index (χ1n) is 6.65. The fourth-order valence-electron chi connectivity index (χ4n) is 2.70. The summed E-state index contributed by atoms with van der Waals surface area (Å²) >= 11 is 0. The van der Waals surface area contributed by atoms with Crippen molar-refractivity contribution in [1.82, 2.24) is 14.5 Å². The molecular weight excluding hydrogens is 246 g/mol. The lowest BCUT2D eigenvalue weighted by atomic mass is 9.96. The van der Waals surface area contributed by atoms with Crippen LogP contribution in [-0.2, 0) is 16.1 Å². The van der Waals surface area contributed by atoms with Crippen LogP contribution in [0.1, 0.15) is 31.5 Å². The summed E-state index contributed by atoms with van der Waals surface area (Å²) in [6.07, 6.45) is 6.34. The van der Waals surface area contributed by atoms with Gasteiger partial charge in [-0.05, 0) is 19.8 Å². The molecule has 0 radical (unpaired) electrons. The topological polar surface area (TPSA) is 67.6 Å². The number of aromatic nitrogens is 2. The van der Waals surface area contributed by atoms with Gasteiger partial charge in [-0.15, -0.1) is 0 Å². The van der Waals surface area contributed by atoms with E-state index in [4.69, 9.17) is 9.84 Å². The standard InChI is InChI=1S/C13H19N3O3/c1-13(19-6-12(17)18)7-15(8-13)5-11-4-14-9-16(11)10-2-3-10/h4,9-10H,2-3,5-8H2,1H3,(H,17,18). The van der Waals surface area contributed by atoms with E-state index in [0.717, 1.165) is 19.6 Å². The normalized spacial score (nSPS) is 22.2. The highest BCUT2D eigenvalue weighted by atomic mass is 16.5. The van der Waals surface area contributed by atoms with Gasteiger partial charge >= 0.3 is 5.97 Å². The largest absolute Gasteiger partial charge is 0.480 e. The van der Waals surface area contributed by atoms with Crippen LogP contribution in [0.2, 0.25) is 0 Å². The van der Waals surface area contributed by atoms with Crippen molar-refractivity contribution in [2.75, 3.05) is 19.7 Å². The molecule has 1 saturated heterocycles. The van der Waals surface area contributed by atoms with Gasteiger partial charge in [0.1, 0.15) is 6.61 Å². The first-order chi connectivity index (χ1) is 9.06. The smallest absolute Gasteiger partial charge is 0.329 e. The van der Waals surface area contributed by atoms with E-state index in [1.54, 1.807) is 0 Å². The summed E-state index contributed by atoms with van der Waals surface area (Å²) in [6.45, 7) is 4.16. The number of carbonyl (C=O) groups is 1. The summed E-state index contributed by atoms with van der Waals surface area (Å²) in [5.74, 6) is -0.911. The molecule has 1 N–H and O–H groups in total. The molecule has 2 fully saturated rings. The Hall–Kier alpha value is -1.40. The number of hydrogen-bond acceptors (Lipinski definition) is 4. The average molecular weight is 265 g/mol. The van der Waals surface area contributed by atoms with Crippen LogP contribution in [-0.4, -0.2) is 50.8 Å². The van der Waals surface area contributed by atoms with Crippen molar-refractivity contribution in [2.24, 2.45) is 0 Å². The van der Waals surface area contributed by atoms with E-state index in [-0.39, 0.29) is 12.2 Å². The van der Waals surface area contributed by atoms with Gasteiger partial charge in [0.05, 0.1) is 17.6 Å². The van der Waals surface area contributed by atoms with Crippen LogP contribution < -0.4 is 0 Å². The molecule has 19 heavy (non-hydrogen) atoms. The van der Waals surface area contributed by atoms with Crippen LogP contribution in [0.15, 0.2) is 12.5 Å². The second-order valence-corrected chi connectivity index (χ2v) is 5.80. The van der Waals surface area contributed by atoms with Crippen LogP contribution >= 0.6 is 0 Å². The van der Waals surface area contributed by atoms with Crippen LogP contribution in [0, 0.1) is 0 Å². The van der Waals surface area contributed by atoms with E-state index < -0.39 is 5.97 Å². The monoisotopic (exact) mass is 265 g/mol. The number of nitrogens with zero attached hydrogens (tertiary/aromatic N) is 3. The minimum absolute atomic E-state index is 0.218. The van der Waals surface area contributed by atoms with Crippen molar-refractivity contribution >= 4 is 5.97 Å². The van der Waals surface area contributed by atoms with Gasteiger partial charge in [0.15, 0.2) is 0 Å². The zero-order valence-corrected chi connectivity index (χ0v) is 11.1. The van der Waals surface area contributed by atoms with Crippen molar-refractivity contribution in [3.8, 4) is 0 Å². The lowest BCUT2D eigenvalue weighted by Gasteiger charge is -2.47. The van der Waals surface area contributed by atoms with Crippen molar-refractivity contribution < 1.29 is 14.6 Å². The Morgan fingerprint density at radius 3 is 2.95 bits per heavy atom. The van der Waals surface area contributed by atoms with E-state index in [1.807, 2.05) is 19.4 Å². The molecule has 1 aromatic rings. The molecule has 0 unspecified atom stereocenters. The van der Waals surface area contributed by atoms with Crippen molar-refractivity contribution in [3.05, 3.63) is 18.2 Å². The van der Waals surface area contributed by atoms with Crippen LogP contribution in [0.3, 0.4) is 0 Å². The van der Waals surface area contributed by atoms with Gasteiger partial charge in [-0.3, -0.25) is 4.90 Å². The summed E-state index contributed by atoms with van der Waals surface area (Å²) < 4.78 is 7.66. The molecule has 2 aliphatic rings. The second kappa shape index (κ2) is 4.61. The lowest BCUT2D eigenvalue weighted by molar-refractivity contribution is -0.166. The van der Waals surface area contributed by atoms with Gasteiger partial charge in [0.2, 0.25) is 0 Å². The van der Waals surface area contributed by atoms with Gasteiger partial charge in [-0.25, -0.2) is 9.78 Å². The summed E-state index contributed by atoms with van der Waals surface area (Å²) in [6, 6.07) is 0.647. The van der Waals surface area contributed by atoms with Gasteiger partial charge in [0.25, 0.3) is 0 Å². The number of carboxylic acid groups (broad SMARTS) is 1. The number of imidazole rings is 1. The molecule has 0 atom stereocenters. The van der Waals surface area contributed by atoms with Gasteiger partial charge in [-0.2, -0.15) is 0 Å². The van der Waals surface area contributed by atoms with E-state index in [0.29, 0.717) is 6.04 Å². The Morgan fingerprint density at radius 2 is 2.32 bits per heavy atom. The lowest BCUT2D eigenvalue weighted by Crippen LogP contribution is -2.61. The number of hydrogen-bond donors (Lipinski definition) is 1. The molecule has 3 rings (SSSR count). The highest BCUT2D eigenvalue weighted by molar-refractivity contribution is 5.68. The van der Waals surface area contributed by atoms with Crippen LogP contribution in [0.4, 0.5) is 0 Å². The third-order valence-electron chi connectivity index (χ3n) is 3.73. The quantitative estimate of drug-likeness (QED) is 0.827. The van der Waals surface area contributed by atoms with Gasteiger partial charge in [-0.1, -0.05) is 0 Å². The van der Waals surface area contributed by atoms with Gasteiger partial charge in [0, 0.05) is 31.9 Å². The molecule has 0 aromatic carbocycles. The molecule has 0 amide bonds. The maximum atomic E-state index is 10.5. The number of rotatable bonds is 6. The number of carboxylic acids is 1. The van der Waals surface area contributed by atoms with Crippen molar-refractivity contribution in [3.63, 3.8) is 0 Å². The van der Waals surface area contributed by atoms with E-state index in [2.05, 4.69) is 14.5 Å². The van der Waals surface area contributed by atoms with Crippen molar-refractivity contribution in [2.45, 2.75) is 38.0 Å². The highest BCUT2D eigenvalue weighted by Crippen LogP contribution is 2.36. The Bertz CT molecular complexity index is 475. The fraction of sp³-hybridized carbons (Fsp3) is 0.692. The molecule has 0 bridgehead atoms. The predicted octanol–water partition coefficient (Wildman–Crippen LogP) is 0.893. The molecule has 6 heteroatoms. The third kappa shape index (κ3) is 2.79. The Morgan fingerprint density at radius 1 is 1.58 bits per heavy atom. The maximum Gasteiger partial charge on any atom is 0.329 e. The van der Waals surface area contributed by atoms with Gasteiger partial charge < -0.3 is 14.4 Å². The SMILES string of the molecule is CC1(OCC(=O)O)CN(Cc2cncn2C2CC2)C1. The number of likely N-dealkylation sites (tertiary alicyclic amines) is 1. The molecule has 0 spiro atoms. The Labute approximate surface area is 112 Å². The average Bonchev–Trinajstić information content (AvgIpc) is 3.06. The molecule has 104 valence electrons. The Kier molecular flexibility index (Phi) is 3.06. The first kappa shape index (κ1) is 12.6. The summed E-state index contributed by atoms with van der Waals surface area (Å²) in [5.41, 5.74) is 0.922.